The molecule has 0 atom stereocenters. The van der Waals surface area contributed by atoms with Crippen LogP contribution < -0.4 is 4.65 Å². The minimum atomic E-state index is -2.08. The van der Waals surface area contributed by atoms with Crippen LogP contribution >= 0.6 is 0 Å². The summed E-state index contributed by atoms with van der Waals surface area (Å²) in [7, 11) is -3.84. The first kappa shape index (κ1) is 10.0. The van der Waals surface area contributed by atoms with Gasteiger partial charge < -0.3 is 24.3 Å². The van der Waals surface area contributed by atoms with Gasteiger partial charge in [0.1, 0.15) is 0 Å². The molecule has 0 aliphatic carbocycles. The van der Waals surface area contributed by atoms with Crippen molar-refractivity contribution in [2.45, 2.75) is 0 Å². The van der Waals surface area contributed by atoms with Crippen LogP contribution in [0.4, 0.5) is 0 Å². The van der Waals surface area contributed by atoms with E-state index in [1.54, 1.807) is 12.1 Å². The maximum atomic E-state index is 8.87. The molecule has 6 nitrogen and oxygen atoms in total. The molecule has 1 aromatic heterocycles. The van der Waals surface area contributed by atoms with Crippen molar-refractivity contribution in [2.75, 3.05) is 0 Å². The molecule has 1 aromatic rings. The van der Waals surface area contributed by atoms with Gasteiger partial charge >= 0.3 is 14.6 Å². The van der Waals surface area contributed by atoms with Crippen molar-refractivity contribution in [1.82, 2.24) is 4.98 Å². The molecule has 0 saturated heterocycles. The maximum absolute atomic E-state index is 8.87. The number of pyridine rings is 1. The number of nitrogens with zero attached hydrogens (tertiary/aromatic N) is 1. The standard InChI is InChI=1S/C5H7B2NO5/c9-6(10)13-7(11)12-5-3-1-2-4-8-5/h1-4,9-11H. The Hall–Kier alpha value is -1.08. The zero-order valence-corrected chi connectivity index (χ0v) is 6.57. The average molecular weight is 183 g/mol. The van der Waals surface area contributed by atoms with E-state index in [1.165, 1.54) is 12.3 Å². The number of hydrogen-bond donors (Lipinski definition) is 3. The van der Waals surface area contributed by atoms with Gasteiger partial charge in [-0.1, -0.05) is 6.07 Å². The molecule has 0 unspecified atom stereocenters. The van der Waals surface area contributed by atoms with Crippen molar-refractivity contribution in [3.63, 3.8) is 0 Å². The summed E-state index contributed by atoms with van der Waals surface area (Å²) in [4.78, 5) is 3.70. The van der Waals surface area contributed by atoms with Gasteiger partial charge in [-0.25, -0.2) is 4.98 Å². The van der Waals surface area contributed by atoms with Crippen molar-refractivity contribution >= 4 is 14.6 Å². The van der Waals surface area contributed by atoms with Gasteiger partial charge in [-0.15, -0.1) is 0 Å². The molecule has 68 valence electrons. The Kier molecular flexibility index (Phi) is 3.71. The van der Waals surface area contributed by atoms with Gasteiger partial charge in [-0.3, -0.25) is 0 Å². The summed E-state index contributed by atoms with van der Waals surface area (Å²) >= 11 is 0. The van der Waals surface area contributed by atoms with E-state index in [9.17, 15) is 0 Å². The highest BCUT2D eigenvalue weighted by atomic mass is 16.7. The van der Waals surface area contributed by atoms with Gasteiger partial charge in [0, 0.05) is 6.20 Å². The van der Waals surface area contributed by atoms with Gasteiger partial charge in [0.2, 0.25) is 0 Å². The Morgan fingerprint density at radius 3 is 2.54 bits per heavy atom. The summed E-state index contributed by atoms with van der Waals surface area (Å²) in [6.07, 6.45) is 1.46. The predicted octanol–water partition coefficient (Wildman–Crippen LogP) is -1.58. The minimum absolute atomic E-state index is 0.121. The molecule has 1 rings (SSSR count). The van der Waals surface area contributed by atoms with Crippen LogP contribution in [-0.4, -0.2) is 34.7 Å². The van der Waals surface area contributed by atoms with Gasteiger partial charge in [0.05, 0.1) is 0 Å². The Morgan fingerprint density at radius 1 is 1.23 bits per heavy atom. The van der Waals surface area contributed by atoms with Gasteiger partial charge in [-0.05, 0) is 12.1 Å². The van der Waals surface area contributed by atoms with E-state index < -0.39 is 14.6 Å². The third kappa shape index (κ3) is 3.90. The zero-order valence-electron chi connectivity index (χ0n) is 6.57. The van der Waals surface area contributed by atoms with E-state index in [1.807, 2.05) is 0 Å². The Balaban J connectivity index is 2.41. The van der Waals surface area contributed by atoms with Crippen molar-refractivity contribution in [3.8, 4) is 5.88 Å². The second-order valence-corrected chi connectivity index (χ2v) is 2.06. The summed E-state index contributed by atoms with van der Waals surface area (Å²) in [5.41, 5.74) is 0. The topological polar surface area (TPSA) is 92.0 Å². The third-order valence-corrected chi connectivity index (χ3v) is 1.10. The van der Waals surface area contributed by atoms with Crippen LogP contribution in [-0.2, 0) is 4.57 Å². The monoisotopic (exact) mass is 183 g/mol. The predicted molar refractivity (Wildman–Crippen MR) is 44.1 cm³/mol. The molecular formula is C5H7B2NO5. The third-order valence-electron chi connectivity index (χ3n) is 1.10. The number of hydrogen-bond acceptors (Lipinski definition) is 6. The fourth-order valence-corrected chi connectivity index (χ4v) is 0.652. The lowest BCUT2D eigenvalue weighted by Gasteiger charge is -2.07. The highest BCUT2D eigenvalue weighted by molar-refractivity contribution is 6.49. The number of rotatable bonds is 4. The molecule has 0 radical (unpaired) electrons. The first-order valence-corrected chi connectivity index (χ1v) is 3.46. The summed E-state index contributed by atoms with van der Waals surface area (Å²) in [6.45, 7) is 0. The molecule has 13 heavy (non-hydrogen) atoms. The Labute approximate surface area is 75.1 Å². The van der Waals surface area contributed by atoms with Crippen molar-refractivity contribution in [2.24, 2.45) is 0 Å². The quantitative estimate of drug-likeness (QED) is 0.487. The lowest BCUT2D eigenvalue weighted by atomic mass is 10.1. The smallest absolute Gasteiger partial charge is 0.498 e. The molecular weight excluding hydrogens is 176 g/mol. The van der Waals surface area contributed by atoms with Crippen LogP contribution in [0.25, 0.3) is 0 Å². The normalized spacial score (nSPS) is 9.46. The summed E-state index contributed by atoms with van der Waals surface area (Å²) in [5.74, 6) is 0.121. The summed E-state index contributed by atoms with van der Waals surface area (Å²) < 4.78 is 8.69. The van der Waals surface area contributed by atoms with Gasteiger partial charge in [-0.2, -0.15) is 0 Å². The Bertz CT molecular complexity index is 246. The first-order valence-electron chi connectivity index (χ1n) is 3.46. The van der Waals surface area contributed by atoms with Crippen LogP contribution in [0, 0.1) is 0 Å². The molecule has 0 aromatic carbocycles. The molecule has 0 bridgehead atoms. The van der Waals surface area contributed by atoms with Crippen LogP contribution in [0.15, 0.2) is 24.4 Å². The van der Waals surface area contributed by atoms with Crippen molar-refractivity contribution < 1.29 is 24.3 Å². The highest BCUT2D eigenvalue weighted by Gasteiger charge is 2.25. The minimum Gasteiger partial charge on any atom is -0.498 e. The van der Waals surface area contributed by atoms with E-state index in [0.717, 1.165) is 0 Å². The van der Waals surface area contributed by atoms with Crippen LogP contribution in [0.1, 0.15) is 0 Å². The largest absolute Gasteiger partial charge is 0.699 e. The highest BCUT2D eigenvalue weighted by Crippen LogP contribution is 2.04. The van der Waals surface area contributed by atoms with Crippen LogP contribution in [0.3, 0.4) is 0 Å². The SMILES string of the molecule is OB(O)OB(O)Oc1ccccn1. The average Bonchev–Trinajstić information content (AvgIpc) is 2.04. The van der Waals surface area contributed by atoms with Gasteiger partial charge in [0.25, 0.3) is 0 Å². The van der Waals surface area contributed by atoms with E-state index in [-0.39, 0.29) is 5.88 Å². The molecule has 0 aliphatic rings. The molecule has 0 spiro atoms. The van der Waals surface area contributed by atoms with Gasteiger partial charge in [0.15, 0.2) is 5.88 Å². The Morgan fingerprint density at radius 2 is 2.00 bits per heavy atom. The second-order valence-electron chi connectivity index (χ2n) is 2.06. The molecule has 0 amide bonds. The van der Waals surface area contributed by atoms with E-state index in [2.05, 4.69) is 14.2 Å². The molecule has 0 saturated carbocycles. The van der Waals surface area contributed by atoms with E-state index >= 15 is 0 Å². The lowest BCUT2D eigenvalue weighted by molar-refractivity contribution is 0.217. The van der Waals surface area contributed by atoms with E-state index in [4.69, 9.17) is 15.1 Å². The molecule has 3 N–H and O–H groups in total. The molecule has 0 aliphatic heterocycles. The van der Waals surface area contributed by atoms with Crippen LogP contribution in [0.5, 0.6) is 5.88 Å². The fourth-order valence-electron chi connectivity index (χ4n) is 0.652. The summed E-state index contributed by atoms with van der Waals surface area (Å²) in [6, 6.07) is 4.79. The van der Waals surface area contributed by atoms with Crippen LogP contribution in [0.2, 0.25) is 0 Å². The summed E-state index contributed by atoms with van der Waals surface area (Å²) in [5, 5.41) is 25.4. The molecule has 0 fully saturated rings. The zero-order chi connectivity index (χ0) is 9.68. The molecule has 8 heteroatoms. The molecule has 1 heterocycles. The fraction of sp³-hybridized carbons (Fsp3) is 0. The number of aromatic nitrogens is 1. The second kappa shape index (κ2) is 4.83. The first-order chi connectivity index (χ1) is 6.18. The maximum Gasteiger partial charge on any atom is 0.699 e. The van der Waals surface area contributed by atoms with E-state index in [0.29, 0.717) is 0 Å². The van der Waals surface area contributed by atoms with Crippen molar-refractivity contribution in [3.05, 3.63) is 24.4 Å². The lowest BCUT2D eigenvalue weighted by Crippen LogP contribution is -2.34. The van der Waals surface area contributed by atoms with Crippen molar-refractivity contribution in [1.29, 1.82) is 0 Å².